The standard InChI is InChI=1S/C16H24N2O2S/c1-16(2,3)15(20)18-9-7-17(8-10-18)14(19)5-4-13-6-11-21-12-13/h6,11-12H,4-5,7-10H2,1-3H3. The number of nitrogens with zero attached hydrogens (tertiary/aromatic N) is 2. The second kappa shape index (κ2) is 6.60. The summed E-state index contributed by atoms with van der Waals surface area (Å²) in [4.78, 5) is 28.2. The summed E-state index contributed by atoms with van der Waals surface area (Å²) in [6.07, 6.45) is 1.37. The molecule has 2 rings (SSSR count). The Labute approximate surface area is 130 Å². The van der Waals surface area contributed by atoms with E-state index in [0.717, 1.165) is 6.42 Å². The Balaban J connectivity index is 1.78. The van der Waals surface area contributed by atoms with Gasteiger partial charge in [0, 0.05) is 38.0 Å². The molecule has 0 atom stereocenters. The van der Waals surface area contributed by atoms with Crippen molar-refractivity contribution in [3.63, 3.8) is 0 Å². The van der Waals surface area contributed by atoms with Crippen LogP contribution in [0.15, 0.2) is 16.8 Å². The summed E-state index contributed by atoms with van der Waals surface area (Å²) in [6.45, 7) is 8.43. The number of thiophene rings is 1. The minimum atomic E-state index is -0.342. The summed E-state index contributed by atoms with van der Waals surface area (Å²) in [5.74, 6) is 0.372. The summed E-state index contributed by atoms with van der Waals surface area (Å²) >= 11 is 1.66. The Hall–Kier alpha value is -1.36. The van der Waals surface area contributed by atoms with E-state index in [2.05, 4.69) is 11.4 Å². The predicted molar refractivity (Wildman–Crippen MR) is 85.3 cm³/mol. The van der Waals surface area contributed by atoms with Gasteiger partial charge in [-0.05, 0) is 28.8 Å². The van der Waals surface area contributed by atoms with Gasteiger partial charge in [-0.15, -0.1) is 0 Å². The Bertz CT molecular complexity index is 483. The van der Waals surface area contributed by atoms with Gasteiger partial charge < -0.3 is 9.80 Å². The van der Waals surface area contributed by atoms with Crippen molar-refractivity contribution < 1.29 is 9.59 Å². The first kappa shape index (κ1) is 16.0. The van der Waals surface area contributed by atoms with Gasteiger partial charge in [0.05, 0.1) is 0 Å². The number of hydrogen-bond acceptors (Lipinski definition) is 3. The molecule has 0 radical (unpaired) electrons. The maximum atomic E-state index is 12.2. The highest BCUT2D eigenvalue weighted by Crippen LogP contribution is 2.19. The van der Waals surface area contributed by atoms with Gasteiger partial charge in [-0.1, -0.05) is 20.8 Å². The highest BCUT2D eigenvalue weighted by Gasteiger charge is 2.30. The molecule has 1 aliphatic rings. The van der Waals surface area contributed by atoms with Crippen molar-refractivity contribution in [3.05, 3.63) is 22.4 Å². The molecule has 5 heteroatoms. The lowest BCUT2D eigenvalue weighted by molar-refractivity contribution is -0.144. The quantitative estimate of drug-likeness (QED) is 0.860. The van der Waals surface area contributed by atoms with Gasteiger partial charge in [-0.2, -0.15) is 11.3 Å². The smallest absolute Gasteiger partial charge is 0.228 e. The van der Waals surface area contributed by atoms with Gasteiger partial charge in [0.1, 0.15) is 0 Å². The first-order chi connectivity index (χ1) is 9.88. The average molecular weight is 308 g/mol. The lowest BCUT2D eigenvalue weighted by Crippen LogP contribution is -2.53. The van der Waals surface area contributed by atoms with Crippen LogP contribution in [-0.2, 0) is 16.0 Å². The molecule has 2 amide bonds. The molecule has 0 spiro atoms. The van der Waals surface area contributed by atoms with E-state index in [1.165, 1.54) is 5.56 Å². The number of hydrogen-bond donors (Lipinski definition) is 0. The first-order valence-corrected chi connectivity index (χ1v) is 8.40. The Morgan fingerprint density at radius 3 is 2.29 bits per heavy atom. The maximum Gasteiger partial charge on any atom is 0.228 e. The van der Waals surface area contributed by atoms with Crippen molar-refractivity contribution in [1.82, 2.24) is 9.80 Å². The van der Waals surface area contributed by atoms with E-state index in [1.54, 1.807) is 11.3 Å². The van der Waals surface area contributed by atoms with Crippen molar-refractivity contribution in [2.24, 2.45) is 5.41 Å². The fourth-order valence-corrected chi connectivity index (χ4v) is 3.18. The second-order valence-electron chi connectivity index (χ2n) is 6.55. The van der Waals surface area contributed by atoms with Crippen LogP contribution in [0.3, 0.4) is 0 Å². The van der Waals surface area contributed by atoms with Crippen molar-refractivity contribution in [2.75, 3.05) is 26.2 Å². The lowest BCUT2D eigenvalue weighted by Gasteiger charge is -2.37. The molecule has 0 bridgehead atoms. The molecule has 1 aliphatic heterocycles. The molecule has 0 saturated carbocycles. The third-order valence-corrected chi connectivity index (χ3v) is 4.50. The zero-order chi connectivity index (χ0) is 15.5. The Kier molecular flexibility index (Phi) is 5.04. The minimum Gasteiger partial charge on any atom is -0.339 e. The monoisotopic (exact) mass is 308 g/mol. The summed E-state index contributed by atoms with van der Waals surface area (Å²) in [5.41, 5.74) is 0.889. The maximum absolute atomic E-state index is 12.2. The molecule has 21 heavy (non-hydrogen) atoms. The Morgan fingerprint density at radius 1 is 1.14 bits per heavy atom. The molecule has 0 aliphatic carbocycles. The topological polar surface area (TPSA) is 40.6 Å². The normalized spacial score (nSPS) is 16.1. The molecule has 1 fully saturated rings. The lowest BCUT2D eigenvalue weighted by atomic mass is 9.94. The van der Waals surface area contributed by atoms with Gasteiger partial charge in [-0.3, -0.25) is 9.59 Å². The summed E-state index contributed by atoms with van der Waals surface area (Å²) in [6, 6.07) is 2.07. The van der Waals surface area contributed by atoms with Gasteiger partial charge in [-0.25, -0.2) is 0 Å². The van der Waals surface area contributed by atoms with E-state index in [1.807, 2.05) is 36.0 Å². The van der Waals surface area contributed by atoms with Gasteiger partial charge in [0.2, 0.25) is 11.8 Å². The van der Waals surface area contributed by atoms with Crippen molar-refractivity contribution >= 4 is 23.2 Å². The van der Waals surface area contributed by atoms with Crippen LogP contribution < -0.4 is 0 Å². The predicted octanol–water partition coefficient (Wildman–Crippen LogP) is 2.40. The summed E-state index contributed by atoms with van der Waals surface area (Å²) < 4.78 is 0. The fourth-order valence-electron chi connectivity index (χ4n) is 2.48. The number of carbonyl (C=O) groups is 2. The first-order valence-electron chi connectivity index (χ1n) is 7.46. The van der Waals surface area contributed by atoms with Crippen molar-refractivity contribution in [1.29, 1.82) is 0 Å². The molecule has 0 N–H and O–H groups in total. The van der Waals surface area contributed by atoms with Gasteiger partial charge in [0.25, 0.3) is 0 Å². The number of rotatable bonds is 3. The van der Waals surface area contributed by atoms with E-state index >= 15 is 0 Å². The SMILES string of the molecule is CC(C)(C)C(=O)N1CCN(C(=O)CCc2ccsc2)CC1. The summed E-state index contributed by atoms with van der Waals surface area (Å²) in [5, 5.41) is 4.13. The molecule has 2 heterocycles. The van der Waals surface area contributed by atoms with Gasteiger partial charge >= 0.3 is 0 Å². The van der Waals surface area contributed by atoms with E-state index in [4.69, 9.17) is 0 Å². The van der Waals surface area contributed by atoms with Crippen LogP contribution in [0, 0.1) is 5.41 Å². The largest absolute Gasteiger partial charge is 0.339 e. The molecule has 116 valence electrons. The summed E-state index contributed by atoms with van der Waals surface area (Å²) in [7, 11) is 0. The van der Waals surface area contributed by atoms with E-state index in [-0.39, 0.29) is 17.2 Å². The molecule has 1 aromatic heterocycles. The number of piperazine rings is 1. The molecule has 1 saturated heterocycles. The molecule has 0 unspecified atom stereocenters. The zero-order valence-corrected chi connectivity index (χ0v) is 13.9. The van der Waals surface area contributed by atoms with Crippen molar-refractivity contribution in [3.8, 4) is 0 Å². The number of aryl methyl sites for hydroxylation is 1. The molecule has 1 aromatic rings. The highest BCUT2D eigenvalue weighted by molar-refractivity contribution is 7.07. The van der Waals surface area contributed by atoms with Crippen LogP contribution in [0.25, 0.3) is 0 Å². The van der Waals surface area contributed by atoms with Crippen LogP contribution in [0.5, 0.6) is 0 Å². The van der Waals surface area contributed by atoms with Crippen LogP contribution in [-0.4, -0.2) is 47.8 Å². The second-order valence-corrected chi connectivity index (χ2v) is 7.33. The van der Waals surface area contributed by atoms with Crippen LogP contribution in [0.2, 0.25) is 0 Å². The minimum absolute atomic E-state index is 0.174. The van der Waals surface area contributed by atoms with Crippen molar-refractivity contribution in [2.45, 2.75) is 33.6 Å². The number of amides is 2. The van der Waals surface area contributed by atoms with E-state index < -0.39 is 0 Å². The molecule has 4 nitrogen and oxygen atoms in total. The van der Waals surface area contributed by atoms with Crippen LogP contribution in [0.4, 0.5) is 0 Å². The zero-order valence-electron chi connectivity index (χ0n) is 13.1. The third kappa shape index (κ3) is 4.30. The highest BCUT2D eigenvalue weighted by atomic mass is 32.1. The van der Waals surface area contributed by atoms with Crippen LogP contribution >= 0.6 is 11.3 Å². The molecule has 0 aromatic carbocycles. The average Bonchev–Trinajstić information content (AvgIpc) is 2.96. The van der Waals surface area contributed by atoms with E-state index in [0.29, 0.717) is 32.6 Å². The Morgan fingerprint density at radius 2 is 1.76 bits per heavy atom. The molecular weight excluding hydrogens is 284 g/mol. The van der Waals surface area contributed by atoms with Gasteiger partial charge in [0.15, 0.2) is 0 Å². The van der Waals surface area contributed by atoms with Crippen LogP contribution in [0.1, 0.15) is 32.8 Å². The third-order valence-electron chi connectivity index (χ3n) is 3.77. The van der Waals surface area contributed by atoms with E-state index in [9.17, 15) is 9.59 Å². The number of carbonyl (C=O) groups excluding carboxylic acids is 2. The molecular formula is C16H24N2O2S. The fraction of sp³-hybridized carbons (Fsp3) is 0.625.